The number of carbonyl (C=O) groups excluding carboxylic acids is 1. The van der Waals surface area contributed by atoms with Gasteiger partial charge in [0.1, 0.15) is 17.1 Å². The number of fused-ring (bicyclic) bond motifs is 1. The molecule has 2 aromatic rings. The van der Waals surface area contributed by atoms with Gasteiger partial charge in [-0.25, -0.2) is 9.78 Å². The van der Waals surface area contributed by atoms with Crippen molar-refractivity contribution in [1.82, 2.24) is 4.98 Å². The molecule has 1 saturated carbocycles. The Balaban J connectivity index is 1.45. The zero-order valence-corrected chi connectivity index (χ0v) is 16.3. The number of aromatic carboxylic acids is 1. The van der Waals surface area contributed by atoms with E-state index >= 15 is 0 Å². The number of pyridine rings is 1. The van der Waals surface area contributed by atoms with E-state index < -0.39 is 5.97 Å². The number of hydrogen-bond donors (Lipinski definition) is 2. The standard InChI is InChI=1S/C23H21N3O4/c27-21-13-30-20-11-16(8-9-19(20)26(21)17-4-2-1-3-5-17)25-22-18(23(28)29)10-15(12-24-22)14-6-7-14/h2,4-5,8-12,14H,1,3,6-7,13H2,(H,24,25)(H,28,29). The second kappa shape index (κ2) is 7.33. The van der Waals surface area contributed by atoms with Gasteiger partial charge in [0, 0.05) is 23.6 Å². The smallest absolute Gasteiger partial charge is 0.339 e. The van der Waals surface area contributed by atoms with Crippen LogP contribution in [0, 0.1) is 0 Å². The molecule has 5 rings (SSSR count). The van der Waals surface area contributed by atoms with E-state index in [1.165, 1.54) is 0 Å². The highest BCUT2D eigenvalue weighted by Gasteiger charge is 2.29. The Labute approximate surface area is 173 Å². The van der Waals surface area contributed by atoms with E-state index in [4.69, 9.17) is 4.74 Å². The van der Waals surface area contributed by atoms with Crippen molar-refractivity contribution in [2.45, 2.75) is 31.6 Å². The number of anilines is 3. The number of carboxylic acid groups (broad SMARTS) is 1. The van der Waals surface area contributed by atoms with E-state index in [1.54, 1.807) is 35.4 Å². The number of aromatic nitrogens is 1. The van der Waals surface area contributed by atoms with Gasteiger partial charge in [-0.2, -0.15) is 0 Å². The summed E-state index contributed by atoms with van der Waals surface area (Å²) in [6.45, 7) is -0.0453. The number of amides is 1. The molecule has 2 aliphatic carbocycles. The molecule has 3 aliphatic rings. The van der Waals surface area contributed by atoms with Crippen molar-refractivity contribution in [3.8, 4) is 5.75 Å². The topological polar surface area (TPSA) is 91.8 Å². The van der Waals surface area contributed by atoms with Gasteiger partial charge in [0.25, 0.3) is 5.91 Å². The monoisotopic (exact) mass is 403 g/mol. The zero-order valence-electron chi connectivity index (χ0n) is 16.3. The van der Waals surface area contributed by atoms with Crippen LogP contribution in [0.5, 0.6) is 5.75 Å². The summed E-state index contributed by atoms with van der Waals surface area (Å²) in [5.41, 5.74) is 3.28. The lowest BCUT2D eigenvalue weighted by atomic mass is 10.1. The van der Waals surface area contributed by atoms with Gasteiger partial charge in [-0.15, -0.1) is 0 Å². The first kappa shape index (κ1) is 18.4. The van der Waals surface area contributed by atoms with Crippen molar-refractivity contribution < 1.29 is 19.4 Å². The maximum Gasteiger partial charge on any atom is 0.339 e. The van der Waals surface area contributed by atoms with Gasteiger partial charge in [-0.3, -0.25) is 9.69 Å². The minimum atomic E-state index is -1.02. The van der Waals surface area contributed by atoms with E-state index in [-0.39, 0.29) is 23.9 Å². The Morgan fingerprint density at radius 3 is 2.83 bits per heavy atom. The van der Waals surface area contributed by atoms with Crippen LogP contribution in [-0.2, 0) is 4.79 Å². The molecule has 1 amide bonds. The second-order valence-electron chi connectivity index (χ2n) is 7.68. The number of nitrogens with zero attached hydrogens (tertiary/aromatic N) is 2. The van der Waals surface area contributed by atoms with Gasteiger partial charge in [-0.1, -0.05) is 12.2 Å². The predicted octanol–water partition coefficient (Wildman–Crippen LogP) is 4.36. The fourth-order valence-electron chi connectivity index (χ4n) is 3.80. The Kier molecular flexibility index (Phi) is 4.50. The normalized spacial score (nSPS) is 17.8. The summed E-state index contributed by atoms with van der Waals surface area (Å²) in [5, 5.41) is 12.7. The zero-order chi connectivity index (χ0) is 20.7. The van der Waals surface area contributed by atoms with Crippen LogP contribution in [0.2, 0.25) is 0 Å². The van der Waals surface area contributed by atoms with Crippen molar-refractivity contribution in [2.75, 3.05) is 16.8 Å². The third kappa shape index (κ3) is 3.43. The molecule has 1 aliphatic heterocycles. The molecule has 1 fully saturated rings. The molecule has 7 heteroatoms. The largest absolute Gasteiger partial charge is 0.481 e. The third-order valence-corrected chi connectivity index (χ3v) is 5.49. The highest BCUT2D eigenvalue weighted by Crippen LogP contribution is 2.41. The molecule has 7 nitrogen and oxygen atoms in total. The lowest BCUT2D eigenvalue weighted by Gasteiger charge is -2.31. The molecule has 30 heavy (non-hydrogen) atoms. The van der Waals surface area contributed by atoms with Crippen molar-refractivity contribution in [3.63, 3.8) is 0 Å². The van der Waals surface area contributed by atoms with Crippen LogP contribution in [0.15, 0.2) is 54.4 Å². The maximum absolute atomic E-state index is 12.5. The first-order valence-corrected chi connectivity index (χ1v) is 10.1. The Morgan fingerprint density at radius 2 is 2.10 bits per heavy atom. The maximum atomic E-state index is 12.5. The number of nitrogens with one attached hydrogen (secondary N) is 1. The summed E-state index contributed by atoms with van der Waals surface area (Å²) in [6.07, 6.45) is 11.8. The van der Waals surface area contributed by atoms with Crippen LogP contribution in [0.25, 0.3) is 0 Å². The van der Waals surface area contributed by atoms with E-state index in [0.29, 0.717) is 23.0 Å². The third-order valence-electron chi connectivity index (χ3n) is 5.49. The first-order valence-electron chi connectivity index (χ1n) is 10.1. The molecule has 0 saturated heterocycles. The Hall–Kier alpha value is -3.61. The summed E-state index contributed by atoms with van der Waals surface area (Å²) in [4.78, 5) is 30.2. The molecular formula is C23H21N3O4. The number of carbonyl (C=O) groups is 2. The summed E-state index contributed by atoms with van der Waals surface area (Å²) in [6, 6.07) is 7.07. The number of rotatable bonds is 5. The van der Waals surface area contributed by atoms with Gasteiger partial charge >= 0.3 is 5.97 Å². The van der Waals surface area contributed by atoms with Crippen molar-refractivity contribution >= 4 is 29.1 Å². The lowest BCUT2D eigenvalue weighted by Crippen LogP contribution is -2.37. The van der Waals surface area contributed by atoms with Gasteiger partial charge in [0.2, 0.25) is 0 Å². The number of allylic oxidation sites excluding steroid dienone is 3. The van der Waals surface area contributed by atoms with Gasteiger partial charge in [-0.05, 0) is 61.4 Å². The molecule has 2 heterocycles. The van der Waals surface area contributed by atoms with E-state index in [9.17, 15) is 14.7 Å². The molecule has 0 spiro atoms. The second-order valence-corrected chi connectivity index (χ2v) is 7.68. The van der Waals surface area contributed by atoms with Crippen LogP contribution >= 0.6 is 0 Å². The first-order chi connectivity index (χ1) is 14.6. The Bertz CT molecular complexity index is 1100. The van der Waals surface area contributed by atoms with Gasteiger partial charge in [0.15, 0.2) is 6.61 Å². The average Bonchev–Trinajstić information content (AvgIpc) is 3.60. The highest BCUT2D eigenvalue weighted by atomic mass is 16.5. The molecule has 0 atom stereocenters. The molecule has 2 N–H and O–H groups in total. The molecular weight excluding hydrogens is 382 g/mol. The van der Waals surface area contributed by atoms with Crippen molar-refractivity contribution in [2.24, 2.45) is 0 Å². The number of carboxylic acids is 1. The highest BCUT2D eigenvalue weighted by molar-refractivity contribution is 6.01. The minimum absolute atomic E-state index is 0.0453. The molecule has 1 aromatic carbocycles. The Morgan fingerprint density at radius 1 is 1.23 bits per heavy atom. The van der Waals surface area contributed by atoms with Crippen LogP contribution in [0.1, 0.15) is 47.5 Å². The fraction of sp³-hybridized carbons (Fsp3) is 0.261. The lowest BCUT2D eigenvalue weighted by molar-refractivity contribution is -0.120. The summed E-state index contributed by atoms with van der Waals surface area (Å²) < 4.78 is 5.65. The quantitative estimate of drug-likeness (QED) is 0.771. The SMILES string of the molecule is O=C(O)c1cc(C2CC2)cnc1Nc1ccc2c(c1)OCC(=O)N2C1=CCCC=C1. The average molecular weight is 403 g/mol. The molecule has 0 radical (unpaired) electrons. The van der Waals surface area contributed by atoms with Crippen molar-refractivity contribution in [3.05, 3.63) is 65.5 Å². The summed E-state index contributed by atoms with van der Waals surface area (Å²) in [5.74, 6) is 0.133. The van der Waals surface area contributed by atoms with Crippen LogP contribution in [0.3, 0.4) is 0 Å². The van der Waals surface area contributed by atoms with Gasteiger partial charge < -0.3 is 15.2 Å². The molecule has 152 valence electrons. The van der Waals surface area contributed by atoms with E-state index in [0.717, 1.165) is 36.9 Å². The van der Waals surface area contributed by atoms with E-state index in [1.807, 2.05) is 12.2 Å². The van der Waals surface area contributed by atoms with Crippen LogP contribution in [-0.4, -0.2) is 28.6 Å². The molecule has 0 bridgehead atoms. The number of hydrogen-bond acceptors (Lipinski definition) is 5. The fourth-order valence-corrected chi connectivity index (χ4v) is 3.80. The number of ether oxygens (including phenoxy) is 1. The molecule has 1 aromatic heterocycles. The van der Waals surface area contributed by atoms with Crippen LogP contribution in [0.4, 0.5) is 17.2 Å². The van der Waals surface area contributed by atoms with Gasteiger partial charge in [0.05, 0.1) is 5.69 Å². The van der Waals surface area contributed by atoms with Crippen LogP contribution < -0.4 is 15.0 Å². The predicted molar refractivity (Wildman–Crippen MR) is 112 cm³/mol. The summed E-state index contributed by atoms with van der Waals surface area (Å²) in [7, 11) is 0. The minimum Gasteiger partial charge on any atom is -0.481 e. The molecule has 0 unspecified atom stereocenters. The van der Waals surface area contributed by atoms with Crippen molar-refractivity contribution in [1.29, 1.82) is 0 Å². The number of benzene rings is 1. The summed E-state index contributed by atoms with van der Waals surface area (Å²) >= 11 is 0. The van der Waals surface area contributed by atoms with E-state index in [2.05, 4.69) is 16.4 Å².